The predicted molar refractivity (Wildman–Crippen MR) is 165 cm³/mol. The van der Waals surface area contributed by atoms with Gasteiger partial charge in [-0.05, 0) is 54.0 Å². The van der Waals surface area contributed by atoms with Gasteiger partial charge in [-0.25, -0.2) is 8.42 Å². The molecule has 0 saturated heterocycles. The van der Waals surface area contributed by atoms with Crippen LogP contribution in [0.4, 0.5) is 5.69 Å². The molecule has 5 rings (SSSR count). The number of ether oxygens (including phenoxy) is 1. The maximum atomic E-state index is 13.1. The van der Waals surface area contributed by atoms with E-state index in [0.717, 1.165) is 34.9 Å². The van der Waals surface area contributed by atoms with Crippen LogP contribution in [0, 0.1) is 16.7 Å². The van der Waals surface area contributed by atoms with Crippen LogP contribution in [-0.2, 0) is 19.7 Å². The number of aliphatic hydroxyl groups excluding tert-OH is 1. The number of nitrogens with zero attached hydrogens (tertiary/aromatic N) is 1. The zero-order valence-electron chi connectivity index (χ0n) is 24.5. The van der Waals surface area contributed by atoms with E-state index in [4.69, 9.17) is 4.74 Å². The van der Waals surface area contributed by atoms with E-state index in [1.165, 1.54) is 16.7 Å². The Hall–Kier alpha value is -1.96. The van der Waals surface area contributed by atoms with Crippen LogP contribution in [0.5, 0.6) is 5.75 Å². The Morgan fingerprint density at radius 3 is 2.33 bits per heavy atom. The van der Waals surface area contributed by atoms with Gasteiger partial charge in [0.2, 0.25) is 0 Å². The van der Waals surface area contributed by atoms with Crippen molar-refractivity contribution in [1.29, 1.82) is 0 Å². The third kappa shape index (κ3) is 6.30. The summed E-state index contributed by atoms with van der Waals surface area (Å²) in [5, 5.41) is 10.5. The number of rotatable bonds is 7. The number of Topliss-reactive ketones (excluding diaryl/α,β-unsaturated/α-hetero) is 1. The first-order valence-electron chi connectivity index (χ1n) is 13.9. The topological polar surface area (TPSA) is 128 Å². The predicted octanol–water partition coefficient (Wildman–Crippen LogP) is 2.68. The van der Waals surface area contributed by atoms with Gasteiger partial charge >= 0.3 is 0 Å². The molecule has 6 atom stereocenters. The Morgan fingerprint density at radius 2 is 1.79 bits per heavy atom. The molecule has 2 N–H and O–H groups in total. The van der Waals surface area contributed by atoms with Gasteiger partial charge in [-0.15, -0.1) is 11.8 Å². The number of hydrogen-bond donors (Lipinski definition) is 2. The molecule has 12 heteroatoms. The first kappa shape index (κ1) is 32.9. The van der Waals surface area contributed by atoms with Gasteiger partial charge in [0.05, 0.1) is 60.2 Å². The molecule has 2 aromatic carbocycles. The van der Waals surface area contributed by atoms with Crippen molar-refractivity contribution in [3.63, 3.8) is 0 Å². The van der Waals surface area contributed by atoms with Gasteiger partial charge in [0.1, 0.15) is 11.9 Å². The molecular formula is C30H39BrN2O7S2. The standard InChI is InChI=1S/C20H24N2O3S.C10H15BrO4S/c1-21(2)12-13-22-16-6-4-5-7-17(16)26-19(18(23)20(22)24)14-8-10-15(25-3)11-9-14;1-9-4-3-6(7(11)8(9)12)10(9,2)5-16(13,14)15/h4-11,18-19,23H,12-13H2,1-3H3;6-7H,3-5H2,1-2H3,(H,13,14,15)/t18-,19+;6-,7+,9+,10-/m11/s1. The van der Waals surface area contributed by atoms with Crippen molar-refractivity contribution in [1.82, 2.24) is 0 Å². The van der Waals surface area contributed by atoms with Crippen LogP contribution < -0.4 is 14.5 Å². The number of fused-ring (bicyclic) bond motifs is 3. The fraction of sp³-hybridized carbons (Fsp3) is 0.533. The number of aliphatic hydroxyl groups is 1. The lowest BCUT2D eigenvalue weighted by Gasteiger charge is -2.37. The van der Waals surface area contributed by atoms with Gasteiger partial charge in [0.15, 0.2) is 5.78 Å². The number of anilines is 1. The maximum Gasteiger partial charge on any atom is 0.257 e. The summed E-state index contributed by atoms with van der Waals surface area (Å²) < 4.78 is 38.2. The summed E-state index contributed by atoms with van der Waals surface area (Å²) in [7, 11) is 1.43. The number of benzene rings is 2. The van der Waals surface area contributed by atoms with Crippen LogP contribution in [0.2, 0.25) is 0 Å². The van der Waals surface area contributed by atoms with E-state index < -0.39 is 32.8 Å². The highest BCUT2D eigenvalue weighted by Crippen LogP contribution is 2.65. The van der Waals surface area contributed by atoms with Gasteiger partial charge in [0, 0.05) is 16.1 Å². The second-order valence-electron chi connectivity index (χ2n) is 12.0. The van der Waals surface area contributed by atoms with Crippen molar-refractivity contribution >= 4 is 55.2 Å². The molecule has 0 aromatic heterocycles. The average Bonchev–Trinajstić information content (AvgIpc) is 3.20. The normalized spacial score (nSPS) is 30.5. The monoisotopic (exact) mass is 682 g/mol. The molecule has 2 bridgehead atoms. The van der Waals surface area contributed by atoms with Crippen molar-refractivity contribution in [2.45, 2.75) is 47.8 Å². The van der Waals surface area contributed by atoms with Crippen LogP contribution in [0.15, 0.2) is 53.4 Å². The van der Waals surface area contributed by atoms with E-state index >= 15 is 0 Å². The number of methoxy groups -OCH3 is 1. The van der Waals surface area contributed by atoms with Crippen LogP contribution in [0.1, 0.15) is 37.5 Å². The van der Waals surface area contributed by atoms with E-state index in [1.807, 2.05) is 48.5 Å². The van der Waals surface area contributed by atoms with Crippen molar-refractivity contribution < 1.29 is 37.3 Å². The number of quaternary nitrogens is 1. The lowest BCUT2D eigenvalue weighted by Crippen LogP contribution is -3.06. The Balaban J connectivity index is 0.000000216. The molecule has 3 aliphatic rings. The molecule has 1 amide bonds. The Labute approximate surface area is 260 Å². The summed E-state index contributed by atoms with van der Waals surface area (Å²) in [4.78, 5) is 28.8. The molecule has 1 heterocycles. The highest BCUT2D eigenvalue weighted by atomic mass is 79.9. The number of likely N-dealkylation sites (N-methyl/N-ethyl adjacent to an activating group) is 1. The van der Waals surface area contributed by atoms with E-state index in [9.17, 15) is 27.7 Å². The molecule has 2 aliphatic carbocycles. The molecule has 2 fully saturated rings. The van der Waals surface area contributed by atoms with Crippen molar-refractivity contribution in [2.75, 3.05) is 44.9 Å². The summed E-state index contributed by atoms with van der Waals surface area (Å²) in [5.74, 6) is 0.0898. The molecular weight excluding hydrogens is 644 g/mol. The van der Waals surface area contributed by atoms with Crippen LogP contribution in [-0.4, -0.2) is 80.7 Å². The Kier molecular flexibility index (Phi) is 9.86. The average molecular weight is 684 g/mol. The van der Waals surface area contributed by atoms with E-state index in [-0.39, 0.29) is 27.7 Å². The van der Waals surface area contributed by atoms with E-state index in [2.05, 4.69) is 30.0 Å². The number of carbonyl (C=O) groups is 2. The Morgan fingerprint density at radius 1 is 1.14 bits per heavy atom. The number of ketones is 1. The number of nitrogens with one attached hydrogen (secondary N) is 1. The van der Waals surface area contributed by atoms with Gasteiger partial charge in [-0.2, -0.15) is 0 Å². The second kappa shape index (κ2) is 12.6. The first-order chi connectivity index (χ1) is 19.6. The smallest absolute Gasteiger partial charge is 0.257 e. The summed E-state index contributed by atoms with van der Waals surface area (Å²) >= 11 is 4.87. The largest absolute Gasteiger partial charge is 0.748 e. The summed E-state index contributed by atoms with van der Waals surface area (Å²) in [5.41, 5.74) is 0.410. The molecule has 2 aromatic rings. The fourth-order valence-corrected chi connectivity index (χ4v) is 10.3. The summed E-state index contributed by atoms with van der Waals surface area (Å²) in [6, 6.07) is 15.4. The number of amides is 1. The number of carbonyl (C=O) groups excluding carboxylic acids is 2. The third-order valence-electron chi connectivity index (χ3n) is 9.15. The highest BCUT2D eigenvalue weighted by Gasteiger charge is 2.68. The third-order valence-corrected chi connectivity index (χ3v) is 12.5. The molecule has 0 spiro atoms. The minimum Gasteiger partial charge on any atom is -0.748 e. The number of halogens is 1. The van der Waals surface area contributed by atoms with Crippen LogP contribution in [0.25, 0.3) is 0 Å². The first-order valence-corrected chi connectivity index (χ1v) is 17.3. The summed E-state index contributed by atoms with van der Waals surface area (Å²) in [6.07, 6.45) is 0.396. The van der Waals surface area contributed by atoms with Crippen molar-refractivity contribution in [2.24, 2.45) is 16.7 Å². The highest BCUT2D eigenvalue weighted by molar-refractivity contribution is 9.10. The zero-order chi connectivity index (χ0) is 31.0. The fourth-order valence-electron chi connectivity index (χ4n) is 6.45. The van der Waals surface area contributed by atoms with Crippen LogP contribution in [0.3, 0.4) is 0 Å². The molecule has 1 aliphatic heterocycles. The second-order valence-corrected chi connectivity index (χ2v) is 15.6. The maximum absolute atomic E-state index is 13.1. The van der Waals surface area contributed by atoms with Crippen molar-refractivity contribution in [3.05, 3.63) is 54.1 Å². The quantitative estimate of drug-likeness (QED) is 0.337. The molecule has 0 radical (unpaired) electrons. The number of hydrogen-bond acceptors (Lipinski definition) is 8. The van der Waals surface area contributed by atoms with E-state index in [0.29, 0.717) is 13.0 Å². The molecule has 9 nitrogen and oxygen atoms in total. The van der Waals surface area contributed by atoms with Crippen molar-refractivity contribution in [3.8, 4) is 5.75 Å². The molecule has 2 saturated carbocycles. The SMILES string of the molecule is COc1ccc([C@@H]2Sc3ccccc3N(CC[NH+](C)C)C(=O)[C@@H]2O)cc1.C[C@]12CC[C@H]([C@H](Br)C1=O)[C@@]2(C)CS(=O)(=O)[O-]. The minimum atomic E-state index is -4.30. The van der Waals surface area contributed by atoms with Gasteiger partial charge in [-0.3, -0.25) is 9.59 Å². The minimum absolute atomic E-state index is 0.0336. The number of para-hydroxylation sites is 1. The van der Waals surface area contributed by atoms with Gasteiger partial charge in [-0.1, -0.05) is 54.0 Å². The van der Waals surface area contributed by atoms with Gasteiger partial charge < -0.3 is 24.2 Å². The number of alkyl halides is 1. The molecule has 0 unspecified atom stereocenters. The van der Waals surface area contributed by atoms with Crippen LogP contribution >= 0.6 is 27.7 Å². The lowest BCUT2D eigenvalue weighted by atomic mass is 9.70. The van der Waals surface area contributed by atoms with Gasteiger partial charge in [0.25, 0.3) is 5.91 Å². The van der Waals surface area contributed by atoms with E-state index in [1.54, 1.807) is 25.9 Å². The summed E-state index contributed by atoms with van der Waals surface area (Å²) in [6.45, 7) is 4.94. The lowest BCUT2D eigenvalue weighted by molar-refractivity contribution is -0.856. The number of thioether (sulfide) groups is 1. The zero-order valence-corrected chi connectivity index (χ0v) is 27.7. The molecule has 42 heavy (non-hydrogen) atoms. The Bertz CT molecular complexity index is 1420. The molecule has 230 valence electrons.